The zero-order chi connectivity index (χ0) is 25.9. The van der Waals surface area contributed by atoms with Crippen molar-refractivity contribution in [3.05, 3.63) is 23.3 Å². The van der Waals surface area contributed by atoms with Crippen LogP contribution in [0.5, 0.6) is 0 Å². The molecular formula is C30H50N2O3. The minimum atomic E-state index is -0.357. The van der Waals surface area contributed by atoms with Crippen molar-refractivity contribution in [3.8, 4) is 0 Å². The third-order valence-electron chi connectivity index (χ3n) is 11.4. The molecule has 35 heavy (non-hydrogen) atoms. The number of carbonyl (C=O) groups is 1. The lowest BCUT2D eigenvalue weighted by Crippen LogP contribution is -2.55. The average molecular weight is 487 g/mol. The summed E-state index contributed by atoms with van der Waals surface area (Å²) in [6.45, 7) is 13.3. The predicted octanol–water partition coefficient (Wildman–Crippen LogP) is 4.55. The third-order valence-corrected chi connectivity index (χ3v) is 11.4. The Bertz CT molecular complexity index is 894. The molecular weight excluding hydrogens is 436 g/mol. The molecule has 0 spiro atoms. The molecule has 4 aliphatic carbocycles. The quantitative estimate of drug-likeness (QED) is 0.533. The SMILES string of the molecule is CC(C)C(=O)N[C@H]1CCC2=CC3=CC[C@]4(C)[C@@H]([C@H](C)N(C)C)[C@H](O)C[C@@]4(C)[C@@H]3CC[C@H]2[C@@]1(C)CO. The van der Waals surface area contributed by atoms with E-state index in [1.807, 2.05) is 13.8 Å². The van der Waals surface area contributed by atoms with E-state index in [0.717, 1.165) is 38.5 Å². The largest absolute Gasteiger partial charge is 0.396 e. The van der Waals surface area contributed by atoms with Gasteiger partial charge in [0, 0.05) is 29.3 Å². The molecule has 5 nitrogen and oxygen atoms in total. The summed E-state index contributed by atoms with van der Waals surface area (Å²) < 4.78 is 0. The number of nitrogens with one attached hydrogen (secondary N) is 1. The van der Waals surface area contributed by atoms with E-state index in [4.69, 9.17) is 0 Å². The second kappa shape index (κ2) is 9.29. The first kappa shape index (κ1) is 26.9. The zero-order valence-electron chi connectivity index (χ0n) is 23.4. The number of fused-ring (bicyclic) bond motifs is 4. The van der Waals surface area contributed by atoms with Crippen molar-refractivity contribution in [3.63, 3.8) is 0 Å². The molecule has 0 radical (unpaired) electrons. The molecule has 0 unspecified atom stereocenters. The maximum Gasteiger partial charge on any atom is 0.222 e. The lowest BCUT2D eigenvalue weighted by atomic mass is 9.51. The van der Waals surface area contributed by atoms with Crippen molar-refractivity contribution >= 4 is 5.91 Å². The van der Waals surface area contributed by atoms with Crippen LogP contribution in [-0.4, -0.2) is 59.9 Å². The normalized spacial score (nSPS) is 44.1. The molecule has 0 heterocycles. The summed E-state index contributed by atoms with van der Waals surface area (Å²) in [4.78, 5) is 14.8. The highest BCUT2D eigenvalue weighted by molar-refractivity contribution is 5.78. The molecule has 5 heteroatoms. The second-order valence-electron chi connectivity index (χ2n) is 13.6. The summed E-state index contributed by atoms with van der Waals surface area (Å²) in [6.07, 6.45) is 10.5. The summed E-state index contributed by atoms with van der Waals surface area (Å²) >= 11 is 0. The minimum Gasteiger partial charge on any atom is -0.396 e. The standard InChI is InChI=1S/C30H50N2O3/c1-18(2)27(35)31-25-12-9-20-15-21-13-14-29(5)26(19(3)32(7)8)24(34)16-30(29,6)23(21)11-10-22(20)28(25,4)17-33/h13,15,18-19,22-26,33-34H,9-12,14,16-17H2,1-8H3,(H,31,35)/t19-,22+,23+,24+,25-,26-,28+,29+,30-/m0/s1. The van der Waals surface area contributed by atoms with Crippen molar-refractivity contribution in [1.29, 1.82) is 0 Å². The Morgan fingerprint density at radius 2 is 1.77 bits per heavy atom. The van der Waals surface area contributed by atoms with E-state index in [9.17, 15) is 15.0 Å². The molecule has 1 amide bonds. The lowest BCUT2D eigenvalue weighted by molar-refractivity contribution is -0.126. The van der Waals surface area contributed by atoms with Crippen LogP contribution in [0.15, 0.2) is 23.3 Å². The lowest BCUT2D eigenvalue weighted by Gasteiger charge is -2.53. The average Bonchev–Trinajstić information content (AvgIpc) is 2.91. The van der Waals surface area contributed by atoms with E-state index < -0.39 is 0 Å². The van der Waals surface area contributed by atoms with Crippen LogP contribution >= 0.6 is 0 Å². The maximum absolute atomic E-state index is 12.6. The second-order valence-corrected chi connectivity index (χ2v) is 13.6. The van der Waals surface area contributed by atoms with E-state index in [1.54, 1.807) is 0 Å². The van der Waals surface area contributed by atoms with E-state index in [0.29, 0.717) is 12.0 Å². The fraction of sp³-hybridized carbons (Fsp3) is 0.833. The van der Waals surface area contributed by atoms with Crippen molar-refractivity contribution in [2.45, 2.75) is 98.3 Å². The highest BCUT2D eigenvalue weighted by atomic mass is 16.3. The van der Waals surface area contributed by atoms with Crippen molar-refractivity contribution < 1.29 is 15.0 Å². The Balaban J connectivity index is 1.66. The van der Waals surface area contributed by atoms with Gasteiger partial charge < -0.3 is 20.4 Å². The Kier molecular flexibility index (Phi) is 7.14. The van der Waals surface area contributed by atoms with Gasteiger partial charge in [0.05, 0.1) is 12.7 Å². The summed E-state index contributed by atoms with van der Waals surface area (Å²) in [5.41, 5.74) is 2.64. The molecule has 3 N–H and O–H groups in total. The van der Waals surface area contributed by atoms with E-state index >= 15 is 0 Å². The van der Waals surface area contributed by atoms with Gasteiger partial charge in [0.1, 0.15) is 0 Å². The number of amides is 1. The first-order valence-electron chi connectivity index (χ1n) is 14.0. The summed E-state index contributed by atoms with van der Waals surface area (Å²) in [7, 11) is 4.26. The molecule has 0 aromatic heterocycles. The Morgan fingerprint density at radius 3 is 2.37 bits per heavy atom. The fourth-order valence-corrected chi connectivity index (χ4v) is 8.68. The van der Waals surface area contributed by atoms with Gasteiger partial charge in [0.25, 0.3) is 0 Å². The first-order valence-corrected chi connectivity index (χ1v) is 14.0. The Morgan fingerprint density at radius 1 is 1.11 bits per heavy atom. The van der Waals surface area contributed by atoms with Crippen LogP contribution in [0.4, 0.5) is 0 Å². The number of aliphatic hydroxyl groups excluding tert-OH is 2. The first-order chi connectivity index (χ1) is 16.3. The van der Waals surface area contributed by atoms with Crippen LogP contribution in [0.3, 0.4) is 0 Å². The topological polar surface area (TPSA) is 72.8 Å². The van der Waals surface area contributed by atoms with Crippen LogP contribution in [0.1, 0.15) is 80.1 Å². The van der Waals surface area contributed by atoms with Crippen LogP contribution < -0.4 is 5.32 Å². The fourth-order valence-electron chi connectivity index (χ4n) is 8.68. The van der Waals surface area contributed by atoms with Gasteiger partial charge in [-0.2, -0.15) is 0 Å². The monoisotopic (exact) mass is 486 g/mol. The number of nitrogens with zero attached hydrogens (tertiary/aromatic N) is 1. The molecule has 2 fully saturated rings. The smallest absolute Gasteiger partial charge is 0.222 e. The summed E-state index contributed by atoms with van der Waals surface area (Å²) in [6, 6.07) is 0.319. The highest BCUT2D eigenvalue weighted by Crippen LogP contribution is 2.68. The Hall–Kier alpha value is -1.17. The van der Waals surface area contributed by atoms with Gasteiger partial charge in [-0.05, 0) is 87.8 Å². The van der Waals surface area contributed by atoms with Gasteiger partial charge in [0.15, 0.2) is 0 Å². The van der Waals surface area contributed by atoms with Crippen molar-refractivity contribution in [2.75, 3.05) is 20.7 Å². The molecule has 9 atom stereocenters. The molecule has 0 aromatic carbocycles. The number of allylic oxidation sites excluding steroid dienone is 4. The molecule has 0 bridgehead atoms. The van der Waals surface area contributed by atoms with Gasteiger partial charge in [-0.1, -0.05) is 52.3 Å². The number of aliphatic hydroxyl groups is 2. The number of hydrogen-bond acceptors (Lipinski definition) is 4. The van der Waals surface area contributed by atoms with Gasteiger partial charge in [-0.25, -0.2) is 0 Å². The van der Waals surface area contributed by atoms with Crippen molar-refractivity contribution in [1.82, 2.24) is 10.2 Å². The van der Waals surface area contributed by atoms with Crippen molar-refractivity contribution in [2.24, 2.45) is 39.9 Å². The van der Waals surface area contributed by atoms with Crippen LogP contribution in [-0.2, 0) is 4.79 Å². The Labute approximate surface area is 213 Å². The molecule has 4 rings (SSSR count). The van der Waals surface area contributed by atoms with E-state index in [-0.39, 0.29) is 58.7 Å². The number of hydrogen-bond donors (Lipinski definition) is 3. The summed E-state index contributed by atoms with van der Waals surface area (Å²) in [5.74, 6) is 0.956. The molecule has 4 aliphatic rings. The van der Waals surface area contributed by atoms with Gasteiger partial charge in [-0.15, -0.1) is 0 Å². The van der Waals surface area contributed by atoms with E-state index in [2.05, 4.69) is 64.2 Å². The number of carbonyl (C=O) groups excluding carboxylic acids is 1. The minimum absolute atomic E-state index is 0.00173. The predicted molar refractivity (Wildman–Crippen MR) is 142 cm³/mol. The van der Waals surface area contributed by atoms with E-state index in [1.165, 1.54) is 11.1 Å². The third kappa shape index (κ3) is 4.05. The molecule has 0 saturated heterocycles. The molecule has 2 saturated carbocycles. The van der Waals surface area contributed by atoms with Crippen LogP contribution in [0, 0.1) is 39.9 Å². The summed E-state index contributed by atoms with van der Waals surface area (Å²) in [5, 5.41) is 25.3. The van der Waals surface area contributed by atoms with Crippen LogP contribution in [0.2, 0.25) is 0 Å². The van der Waals surface area contributed by atoms with Gasteiger partial charge in [0.2, 0.25) is 5.91 Å². The van der Waals surface area contributed by atoms with Gasteiger partial charge >= 0.3 is 0 Å². The maximum atomic E-state index is 12.6. The molecule has 0 aromatic rings. The number of rotatable bonds is 5. The highest BCUT2D eigenvalue weighted by Gasteiger charge is 2.64. The van der Waals surface area contributed by atoms with Gasteiger partial charge in [-0.3, -0.25) is 4.79 Å². The molecule has 198 valence electrons. The molecule has 0 aliphatic heterocycles. The zero-order valence-corrected chi connectivity index (χ0v) is 23.4. The van der Waals surface area contributed by atoms with Crippen LogP contribution in [0.25, 0.3) is 0 Å².